The van der Waals surface area contributed by atoms with Crippen molar-refractivity contribution in [2.24, 2.45) is 0 Å². The van der Waals surface area contributed by atoms with Gasteiger partial charge in [0.1, 0.15) is 0 Å². The van der Waals surface area contributed by atoms with Crippen LogP contribution < -0.4 is 5.32 Å². The Morgan fingerprint density at radius 1 is 1.14 bits per heavy atom. The molecule has 0 aliphatic rings. The van der Waals surface area contributed by atoms with Crippen molar-refractivity contribution in [2.45, 2.75) is 13.5 Å². The SMILES string of the molecule is Cc1nc(-c2cccc(NC(=O)CN(Cc3ccccc3)S(C)(=O)=O)c2)cs1. The molecule has 0 aliphatic heterocycles. The molecule has 0 saturated heterocycles. The summed E-state index contributed by atoms with van der Waals surface area (Å²) < 4.78 is 25.4. The summed E-state index contributed by atoms with van der Waals surface area (Å²) in [6.07, 6.45) is 1.11. The van der Waals surface area contributed by atoms with Crippen molar-refractivity contribution in [2.75, 3.05) is 18.1 Å². The number of hydrogen-bond acceptors (Lipinski definition) is 5. The number of carbonyl (C=O) groups is 1. The quantitative estimate of drug-likeness (QED) is 0.640. The van der Waals surface area contributed by atoms with Gasteiger partial charge in [-0.25, -0.2) is 13.4 Å². The Hall–Kier alpha value is -2.55. The van der Waals surface area contributed by atoms with Gasteiger partial charge in [-0.2, -0.15) is 4.31 Å². The maximum Gasteiger partial charge on any atom is 0.239 e. The Labute approximate surface area is 168 Å². The number of hydrogen-bond donors (Lipinski definition) is 1. The van der Waals surface area contributed by atoms with Gasteiger partial charge in [-0.15, -0.1) is 11.3 Å². The molecular formula is C20H21N3O3S2. The lowest BCUT2D eigenvalue weighted by Gasteiger charge is -2.19. The van der Waals surface area contributed by atoms with Crippen LogP contribution in [0.2, 0.25) is 0 Å². The van der Waals surface area contributed by atoms with Gasteiger partial charge in [0.25, 0.3) is 0 Å². The molecule has 1 aromatic heterocycles. The monoisotopic (exact) mass is 415 g/mol. The summed E-state index contributed by atoms with van der Waals surface area (Å²) in [5.41, 5.74) is 3.16. The van der Waals surface area contributed by atoms with E-state index in [2.05, 4.69) is 10.3 Å². The molecule has 1 amide bonds. The zero-order chi connectivity index (χ0) is 20.1. The molecule has 0 fully saturated rings. The number of amides is 1. The Bertz CT molecular complexity index is 1060. The van der Waals surface area contributed by atoms with E-state index in [-0.39, 0.29) is 13.1 Å². The average molecular weight is 416 g/mol. The number of thiazole rings is 1. The highest BCUT2D eigenvalue weighted by molar-refractivity contribution is 7.88. The van der Waals surface area contributed by atoms with E-state index in [4.69, 9.17) is 0 Å². The topological polar surface area (TPSA) is 79.4 Å². The number of nitrogens with zero attached hydrogens (tertiary/aromatic N) is 2. The van der Waals surface area contributed by atoms with Crippen molar-refractivity contribution in [3.05, 3.63) is 70.5 Å². The summed E-state index contributed by atoms with van der Waals surface area (Å²) in [6.45, 7) is 1.82. The van der Waals surface area contributed by atoms with Crippen molar-refractivity contribution in [1.29, 1.82) is 0 Å². The minimum atomic E-state index is -3.53. The highest BCUT2D eigenvalue weighted by Gasteiger charge is 2.20. The first-order valence-corrected chi connectivity index (χ1v) is 11.4. The predicted octanol–water partition coefficient (Wildman–Crippen LogP) is 3.52. The molecule has 0 spiro atoms. The normalized spacial score (nSPS) is 11.5. The molecule has 2 aromatic carbocycles. The fourth-order valence-corrected chi connectivity index (χ4v) is 4.05. The predicted molar refractivity (Wildman–Crippen MR) is 113 cm³/mol. The van der Waals surface area contributed by atoms with Crippen molar-refractivity contribution in [3.8, 4) is 11.3 Å². The second-order valence-electron chi connectivity index (χ2n) is 6.40. The van der Waals surface area contributed by atoms with Crippen LogP contribution in [0, 0.1) is 6.92 Å². The van der Waals surface area contributed by atoms with Crippen LogP contribution in [0.1, 0.15) is 10.6 Å². The van der Waals surface area contributed by atoms with Crippen LogP contribution in [0.5, 0.6) is 0 Å². The molecule has 3 aromatic rings. The van der Waals surface area contributed by atoms with Gasteiger partial charge in [-0.05, 0) is 24.6 Å². The van der Waals surface area contributed by atoms with Gasteiger partial charge in [0.2, 0.25) is 15.9 Å². The Morgan fingerprint density at radius 3 is 2.54 bits per heavy atom. The van der Waals surface area contributed by atoms with E-state index in [0.29, 0.717) is 5.69 Å². The first-order chi connectivity index (χ1) is 13.3. The molecule has 28 heavy (non-hydrogen) atoms. The van der Waals surface area contributed by atoms with Gasteiger partial charge in [-0.1, -0.05) is 42.5 Å². The van der Waals surface area contributed by atoms with Gasteiger partial charge in [0.15, 0.2) is 0 Å². The minimum Gasteiger partial charge on any atom is -0.325 e. The highest BCUT2D eigenvalue weighted by Crippen LogP contribution is 2.24. The van der Waals surface area contributed by atoms with Crippen molar-refractivity contribution >= 4 is 33.0 Å². The van der Waals surface area contributed by atoms with Crippen LogP contribution in [-0.2, 0) is 21.4 Å². The van der Waals surface area contributed by atoms with Crippen molar-refractivity contribution < 1.29 is 13.2 Å². The summed E-state index contributed by atoms with van der Waals surface area (Å²) in [4.78, 5) is 16.9. The summed E-state index contributed by atoms with van der Waals surface area (Å²) in [5, 5.41) is 5.70. The average Bonchev–Trinajstić information content (AvgIpc) is 3.08. The van der Waals surface area contributed by atoms with E-state index >= 15 is 0 Å². The van der Waals surface area contributed by atoms with Gasteiger partial charge >= 0.3 is 0 Å². The first-order valence-electron chi connectivity index (χ1n) is 8.63. The smallest absolute Gasteiger partial charge is 0.239 e. The number of nitrogens with one attached hydrogen (secondary N) is 1. The fourth-order valence-electron chi connectivity index (χ4n) is 2.69. The molecule has 146 valence electrons. The third-order valence-corrected chi connectivity index (χ3v) is 6.02. The summed E-state index contributed by atoms with van der Waals surface area (Å²) in [7, 11) is -3.53. The van der Waals surface area contributed by atoms with Gasteiger partial charge < -0.3 is 5.32 Å². The minimum absolute atomic E-state index is 0.144. The lowest BCUT2D eigenvalue weighted by Crippen LogP contribution is -2.36. The van der Waals surface area contributed by atoms with Gasteiger partial charge in [0, 0.05) is 23.2 Å². The second-order valence-corrected chi connectivity index (χ2v) is 9.44. The van der Waals surface area contributed by atoms with Crippen LogP contribution in [0.3, 0.4) is 0 Å². The molecule has 0 aliphatic carbocycles. The summed E-state index contributed by atoms with van der Waals surface area (Å²) in [5.74, 6) is -0.395. The van der Waals surface area contributed by atoms with E-state index in [1.165, 1.54) is 0 Å². The third-order valence-electron chi connectivity index (χ3n) is 4.05. The van der Waals surface area contributed by atoms with Gasteiger partial charge in [-0.3, -0.25) is 4.79 Å². The fraction of sp³-hybridized carbons (Fsp3) is 0.200. The maximum atomic E-state index is 12.5. The van der Waals surface area contributed by atoms with E-state index < -0.39 is 15.9 Å². The lowest BCUT2D eigenvalue weighted by molar-refractivity contribution is -0.116. The molecule has 6 nitrogen and oxygen atoms in total. The van der Waals surface area contributed by atoms with E-state index in [1.807, 2.05) is 60.8 Å². The number of aryl methyl sites for hydroxylation is 1. The molecule has 0 radical (unpaired) electrons. The Morgan fingerprint density at radius 2 is 1.89 bits per heavy atom. The number of carbonyl (C=O) groups excluding carboxylic acids is 1. The van der Waals surface area contributed by atoms with E-state index in [0.717, 1.165) is 32.4 Å². The van der Waals surface area contributed by atoms with Crippen LogP contribution in [0.25, 0.3) is 11.3 Å². The first kappa shape index (κ1) is 20.2. The molecule has 0 saturated carbocycles. The molecule has 0 bridgehead atoms. The number of aromatic nitrogens is 1. The largest absolute Gasteiger partial charge is 0.325 e. The molecule has 3 rings (SSSR count). The zero-order valence-electron chi connectivity index (χ0n) is 15.6. The van der Waals surface area contributed by atoms with Crippen LogP contribution in [0.4, 0.5) is 5.69 Å². The van der Waals surface area contributed by atoms with Crippen molar-refractivity contribution in [1.82, 2.24) is 9.29 Å². The van der Waals surface area contributed by atoms with Gasteiger partial charge in [0.05, 0.1) is 23.5 Å². The number of anilines is 1. The van der Waals surface area contributed by atoms with E-state index in [9.17, 15) is 13.2 Å². The summed E-state index contributed by atoms with van der Waals surface area (Å²) in [6, 6.07) is 16.5. The van der Waals surface area contributed by atoms with E-state index in [1.54, 1.807) is 17.4 Å². The summed E-state index contributed by atoms with van der Waals surface area (Å²) >= 11 is 1.56. The highest BCUT2D eigenvalue weighted by atomic mass is 32.2. The Balaban J connectivity index is 1.71. The third kappa shape index (κ3) is 5.48. The Kier molecular flexibility index (Phi) is 6.23. The second kappa shape index (κ2) is 8.64. The molecular weight excluding hydrogens is 394 g/mol. The molecule has 1 N–H and O–H groups in total. The molecule has 0 atom stereocenters. The molecule has 8 heteroatoms. The lowest BCUT2D eigenvalue weighted by atomic mass is 10.1. The number of sulfonamides is 1. The maximum absolute atomic E-state index is 12.5. The van der Waals surface area contributed by atoms with Crippen LogP contribution in [0.15, 0.2) is 60.0 Å². The number of rotatable bonds is 7. The number of benzene rings is 2. The van der Waals surface area contributed by atoms with Crippen molar-refractivity contribution in [3.63, 3.8) is 0 Å². The van der Waals surface area contributed by atoms with Crippen LogP contribution >= 0.6 is 11.3 Å². The zero-order valence-corrected chi connectivity index (χ0v) is 17.3. The standard InChI is InChI=1S/C20H21N3O3S2/c1-15-21-19(14-27-15)17-9-6-10-18(11-17)22-20(24)13-23(28(2,25)26)12-16-7-4-3-5-8-16/h3-11,14H,12-13H2,1-2H3,(H,22,24). The molecule has 1 heterocycles. The molecule has 0 unspecified atom stereocenters. The van der Waals surface area contributed by atoms with Crippen LogP contribution in [-0.4, -0.2) is 36.4 Å².